The zero-order chi connectivity index (χ0) is 31.5. The van der Waals surface area contributed by atoms with Crippen molar-refractivity contribution >= 4 is 28.3 Å². The number of aryl methyl sites for hydroxylation is 1. The minimum Gasteiger partial charge on any atom is -0.488 e. The van der Waals surface area contributed by atoms with E-state index in [0.717, 1.165) is 41.5 Å². The number of nitriles is 1. The number of anilines is 1. The first kappa shape index (κ1) is 29.8. The molecule has 3 heterocycles. The average Bonchev–Trinajstić information content (AvgIpc) is 3.28. The first-order valence-corrected chi connectivity index (χ1v) is 16.5. The SMILES string of the molecule is Cc1ccc(OCc2ccc(C(=O)N3CCOCC3)cc2C#N)c(-c2csc(N3CC4C(C(=O)OC(C)(C)C)C5CC45C3)n2)c1. The van der Waals surface area contributed by atoms with Crippen molar-refractivity contribution in [3.05, 3.63) is 64.0 Å². The molecule has 0 bridgehead atoms. The molecule has 2 aliphatic carbocycles. The largest absolute Gasteiger partial charge is 0.488 e. The Morgan fingerprint density at radius 1 is 1.16 bits per heavy atom. The number of carbonyl (C=O) groups excluding carboxylic acids is 2. The highest BCUT2D eigenvalue weighted by molar-refractivity contribution is 7.14. The quantitative estimate of drug-likeness (QED) is 0.319. The van der Waals surface area contributed by atoms with Crippen LogP contribution in [0.3, 0.4) is 0 Å². The van der Waals surface area contributed by atoms with Crippen LogP contribution in [0.5, 0.6) is 5.75 Å². The molecule has 3 aromatic rings. The summed E-state index contributed by atoms with van der Waals surface area (Å²) >= 11 is 1.62. The average molecular weight is 627 g/mol. The van der Waals surface area contributed by atoms with Gasteiger partial charge in [0, 0.05) is 48.2 Å². The van der Waals surface area contributed by atoms with E-state index in [4.69, 9.17) is 19.2 Å². The third-order valence-electron chi connectivity index (χ3n) is 9.70. The number of rotatable bonds is 7. The molecular formula is C35H38N4O5S. The number of benzene rings is 2. The van der Waals surface area contributed by atoms with Gasteiger partial charge in [0.1, 0.15) is 18.0 Å². The number of hydrogen-bond donors (Lipinski definition) is 0. The number of aromatic nitrogens is 1. The van der Waals surface area contributed by atoms with Gasteiger partial charge >= 0.3 is 5.97 Å². The fourth-order valence-electron chi connectivity index (χ4n) is 7.42. The minimum atomic E-state index is -0.470. The van der Waals surface area contributed by atoms with E-state index < -0.39 is 5.60 Å². The molecule has 4 aliphatic rings. The zero-order valence-corrected chi connectivity index (χ0v) is 27.0. The van der Waals surface area contributed by atoms with Crippen molar-refractivity contribution in [2.45, 2.75) is 46.3 Å². The van der Waals surface area contributed by atoms with Crippen LogP contribution in [0.25, 0.3) is 11.3 Å². The van der Waals surface area contributed by atoms with Gasteiger partial charge < -0.3 is 24.0 Å². The third-order valence-corrected chi connectivity index (χ3v) is 10.6. The Morgan fingerprint density at radius 3 is 2.71 bits per heavy atom. The Hall–Kier alpha value is -3.94. The summed E-state index contributed by atoms with van der Waals surface area (Å²) in [5.41, 5.74) is 4.23. The van der Waals surface area contributed by atoms with Crippen molar-refractivity contribution in [1.82, 2.24) is 9.88 Å². The maximum Gasteiger partial charge on any atom is 0.310 e. The molecule has 45 heavy (non-hydrogen) atoms. The number of amides is 1. The number of nitrogens with zero attached hydrogens (tertiary/aromatic N) is 4. The first-order valence-electron chi connectivity index (χ1n) is 15.6. The van der Waals surface area contributed by atoms with Crippen LogP contribution in [0, 0.1) is 41.4 Å². The molecule has 4 fully saturated rings. The molecule has 7 rings (SSSR count). The van der Waals surface area contributed by atoms with Crippen LogP contribution in [0.4, 0.5) is 5.13 Å². The van der Waals surface area contributed by atoms with E-state index in [1.807, 2.05) is 39.8 Å². The van der Waals surface area contributed by atoms with Gasteiger partial charge in [-0.05, 0) is 75.6 Å². The minimum absolute atomic E-state index is 0.00436. The molecule has 2 aliphatic heterocycles. The Bertz CT molecular complexity index is 1700. The van der Waals surface area contributed by atoms with Crippen LogP contribution in [-0.2, 0) is 20.9 Å². The monoisotopic (exact) mass is 626 g/mol. The van der Waals surface area contributed by atoms with Gasteiger partial charge in [0.05, 0.1) is 36.5 Å². The molecule has 10 heteroatoms. The van der Waals surface area contributed by atoms with Crippen LogP contribution in [-0.4, -0.2) is 66.8 Å². The zero-order valence-electron chi connectivity index (χ0n) is 26.2. The van der Waals surface area contributed by atoms with E-state index in [2.05, 4.69) is 22.4 Å². The van der Waals surface area contributed by atoms with Crippen LogP contribution >= 0.6 is 11.3 Å². The van der Waals surface area contributed by atoms with Gasteiger partial charge in [-0.15, -0.1) is 11.3 Å². The Morgan fingerprint density at radius 2 is 1.96 bits per heavy atom. The van der Waals surface area contributed by atoms with E-state index in [9.17, 15) is 14.9 Å². The standard InChI is InChI=1S/C35H38N4O5S/c1-21-5-8-29(43-18-23-7-6-22(14-24(23)16-36)31(40)38-9-11-42-12-10-38)25(13-21)28-19-45-33(37-28)39-17-27-30(26-15-35(26,27)20-39)32(41)44-34(2,3)4/h5-8,13-14,19,26-27,30H,9-12,15,17-18,20H2,1-4H3. The summed E-state index contributed by atoms with van der Waals surface area (Å²) in [7, 11) is 0. The van der Waals surface area contributed by atoms with Crippen molar-refractivity contribution in [2.24, 2.45) is 23.2 Å². The number of hydrogen-bond acceptors (Lipinski definition) is 9. The van der Waals surface area contributed by atoms with Crippen LogP contribution in [0.15, 0.2) is 41.8 Å². The highest BCUT2D eigenvalue weighted by Gasteiger charge is 2.78. The first-order chi connectivity index (χ1) is 21.6. The number of thiazole rings is 1. The summed E-state index contributed by atoms with van der Waals surface area (Å²) in [6.45, 7) is 11.9. The van der Waals surface area contributed by atoms with Gasteiger partial charge in [0.15, 0.2) is 5.13 Å². The summed E-state index contributed by atoms with van der Waals surface area (Å²) in [6, 6.07) is 13.5. The summed E-state index contributed by atoms with van der Waals surface area (Å²) in [5, 5.41) is 12.9. The molecule has 1 aromatic heterocycles. The van der Waals surface area contributed by atoms with Crippen LogP contribution in [0.2, 0.25) is 0 Å². The van der Waals surface area contributed by atoms with E-state index in [1.54, 1.807) is 34.4 Å². The van der Waals surface area contributed by atoms with Crippen molar-refractivity contribution in [3.63, 3.8) is 0 Å². The van der Waals surface area contributed by atoms with E-state index in [1.165, 1.54) is 0 Å². The Balaban J connectivity index is 1.05. The molecule has 4 atom stereocenters. The van der Waals surface area contributed by atoms with Crippen molar-refractivity contribution in [1.29, 1.82) is 5.26 Å². The van der Waals surface area contributed by atoms with Crippen molar-refractivity contribution in [3.8, 4) is 23.1 Å². The lowest BCUT2D eigenvalue weighted by atomic mass is 9.66. The van der Waals surface area contributed by atoms with Crippen molar-refractivity contribution in [2.75, 3.05) is 44.3 Å². The molecule has 234 valence electrons. The predicted octanol–water partition coefficient (Wildman–Crippen LogP) is 5.46. The second kappa shape index (κ2) is 11.1. The molecule has 4 unspecified atom stereocenters. The lowest BCUT2D eigenvalue weighted by Crippen LogP contribution is -2.45. The van der Waals surface area contributed by atoms with Gasteiger partial charge in [-0.3, -0.25) is 9.59 Å². The fraction of sp³-hybridized carbons (Fsp3) is 0.486. The highest BCUT2D eigenvalue weighted by Crippen LogP contribution is 2.77. The molecule has 2 saturated carbocycles. The summed E-state index contributed by atoms with van der Waals surface area (Å²) < 4.78 is 17.4. The molecule has 0 radical (unpaired) electrons. The summed E-state index contributed by atoms with van der Waals surface area (Å²) in [4.78, 5) is 35.0. The third kappa shape index (κ3) is 5.46. The normalized spacial score (nSPS) is 25.1. The number of carbonyl (C=O) groups is 2. The number of esters is 1. The Kier molecular flexibility index (Phi) is 7.37. The molecule has 0 N–H and O–H groups in total. The topological polar surface area (TPSA) is 105 Å². The summed E-state index contributed by atoms with van der Waals surface area (Å²) in [5.74, 6) is 1.30. The summed E-state index contributed by atoms with van der Waals surface area (Å²) in [6.07, 6.45) is 1.10. The highest BCUT2D eigenvalue weighted by atomic mass is 32.1. The van der Waals surface area contributed by atoms with Gasteiger partial charge in [0.2, 0.25) is 0 Å². The van der Waals surface area contributed by atoms with Crippen molar-refractivity contribution < 1.29 is 23.8 Å². The predicted molar refractivity (Wildman–Crippen MR) is 170 cm³/mol. The number of morpholine rings is 1. The smallest absolute Gasteiger partial charge is 0.310 e. The molecule has 1 spiro atoms. The van der Waals surface area contributed by atoms with Crippen LogP contribution in [0.1, 0.15) is 54.2 Å². The van der Waals surface area contributed by atoms with Gasteiger partial charge in [-0.25, -0.2) is 4.98 Å². The lowest BCUT2D eigenvalue weighted by molar-refractivity contribution is -0.168. The maximum atomic E-state index is 12.9. The van der Waals surface area contributed by atoms with E-state index in [-0.39, 0.29) is 29.8 Å². The molecule has 2 saturated heterocycles. The second-order valence-corrected chi connectivity index (χ2v) is 14.6. The molecule has 2 aromatic carbocycles. The molecule has 1 amide bonds. The van der Waals surface area contributed by atoms with Crippen LogP contribution < -0.4 is 9.64 Å². The van der Waals surface area contributed by atoms with E-state index >= 15 is 0 Å². The van der Waals surface area contributed by atoms with E-state index in [0.29, 0.717) is 60.6 Å². The number of ether oxygens (including phenoxy) is 3. The fourth-order valence-corrected chi connectivity index (χ4v) is 8.26. The lowest BCUT2D eigenvalue weighted by Gasteiger charge is -2.38. The second-order valence-electron chi connectivity index (χ2n) is 13.8. The maximum absolute atomic E-state index is 12.9. The van der Waals surface area contributed by atoms with Gasteiger partial charge in [-0.2, -0.15) is 5.26 Å². The Labute approximate surface area is 267 Å². The van der Waals surface area contributed by atoms with Gasteiger partial charge in [0.25, 0.3) is 5.91 Å². The molecular weight excluding hydrogens is 588 g/mol. The van der Waals surface area contributed by atoms with Gasteiger partial charge in [-0.1, -0.05) is 17.7 Å². The molecule has 9 nitrogen and oxygen atoms in total.